The summed E-state index contributed by atoms with van der Waals surface area (Å²) in [5.74, 6) is -0.773. The molecule has 1 saturated heterocycles. The maximum absolute atomic E-state index is 13.6. The van der Waals surface area contributed by atoms with Crippen molar-refractivity contribution in [3.63, 3.8) is 0 Å². The minimum absolute atomic E-state index is 0.0228. The summed E-state index contributed by atoms with van der Waals surface area (Å²) in [6, 6.07) is 15.4. The Kier molecular flexibility index (Phi) is 7.97. The zero-order valence-corrected chi connectivity index (χ0v) is 21.9. The number of nitrogens with zero attached hydrogens (tertiary/aromatic N) is 4. The molecule has 1 aliphatic heterocycles. The molecule has 10 nitrogen and oxygen atoms in total. The van der Waals surface area contributed by atoms with Crippen molar-refractivity contribution in [2.24, 2.45) is 0 Å². The summed E-state index contributed by atoms with van der Waals surface area (Å²) in [4.78, 5) is 30.5. The highest BCUT2D eigenvalue weighted by Crippen LogP contribution is 2.31. The quantitative estimate of drug-likeness (QED) is 0.436. The third-order valence-corrected chi connectivity index (χ3v) is 8.24. The minimum Gasteiger partial charge on any atom is -0.391 e. The average molecular weight is 554 g/mol. The van der Waals surface area contributed by atoms with Gasteiger partial charge in [0.1, 0.15) is 6.54 Å². The van der Waals surface area contributed by atoms with Gasteiger partial charge in [0.05, 0.1) is 65.4 Å². The number of nitriles is 1. The monoisotopic (exact) mass is 553 g/mol. The van der Waals surface area contributed by atoms with Gasteiger partial charge in [-0.2, -0.15) is 5.26 Å². The van der Waals surface area contributed by atoms with Crippen LogP contribution in [0.2, 0.25) is 5.02 Å². The number of β-amino-alcohol motifs (C(OH)–C–C–N with tert-alkyl or cyclic N) is 1. The summed E-state index contributed by atoms with van der Waals surface area (Å²) in [7, 11) is -4.19. The van der Waals surface area contributed by atoms with E-state index in [4.69, 9.17) is 16.9 Å². The molecule has 0 aliphatic carbocycles. The van der Waals surface area contributed by atoms with Crippen LogP contribution in [0.5, 0.6) is 0 Å². The van der Waals surface area contributed by atoms with E-state index in [9.17, 15) is 23.1 Å². The predicted octanol–water partition coefficient (Wildman–Crippen LogP) is 2.52. The number of halogens is 1. The number of carbonyl (C=O) groups excluding carboxylic acids is 2. The number of sulfonamides is 1. The number of pyridine rings is 1. The Morgan fingerprint density at radius 2 is 1.97 bits per heavy atom. The maximum Gasteiger partial charge on any atom is 0.264 e. The lowest BCUT2D eigenvalue weighted by Gasteiger charge is -2.26. The SMILES string of the molecule is Cc1c(Cl)cccc1N(CC(=O)NCc1ccc(N2CC(O)CC2=O)cn1)S(=O)(=O)c1ccc(C#N)cc1. The van der Waals surface area contributed by atoms with Crippen LogP contribution in [0.25, 0.3) is 0 Å². The Balaban J connectivity index is 1.52. The van der Waals surface area contributed by atoms with Crippen molar-refractivity contribution in [1.29, 1.82) is 5.26 Å². The number of benzene rings is 2. The highest BCUT2D eigenvalue weighted by atomic mass is 35.5. The topological polar surface area (TPSA) is 144 Å². The molecular weight excluding hydrogens is 530 g/mol. The van der Waals surface area contributed by atoms with Gasteiger partial charge in [-0.1, -0.05) is 17.7 Å². The number of hydrogen-bond donors (Lipinski definition) is 2. The molecular formula is C26H24ClN5O5S. The Morgan fingerprint density at radius 1 is 1.24 bits per heavy atom. The molecule has 4 rings (SSSR count). The number of hydrogen-bond acceptors (Lipinski definition) is 7. The van der Waals surface area contributed by atoms with Gasteiger partial charge in [0, 0.05) is 5.02 Å². The molecule has 1 fully saturated rings. The van der Waals surface area contributed by atoms with Gasteiger partial charge in [0.2, 0.25) is 11.8 Å². The average Bonchev–Trinajstić information content (AvgIpc) is 3.25. The van der Waals surface area contributed by atoms with Crippen molar-refractivity contribution < 1.29 is 23.1 Å². The standard InChI is InChI=1S/C26H24ClN5O5S/c1-17-23(27)3-2-4-24(17)32(38(36,37)22-9-5-18(12-28)6-10-22)16-25(34)30-13-19-7-8-20(14-29-19)31-15-21(33)11-26(31)35/h2-10,14,21,33H,11,13,15-16H2,1H3,(H,30,34). The van der Waals surface area contributed by atoms with Gasteiger partial charge >= 0.3 is 0 Å². The van der Waals surface area contributed by atoms with Crippen molar-refractivity contribution in [2.45, 2.75) is 30.9 Å². The van der Waals surface area contributed by atoms with Crippen molar-refractivity contribution in [1.82, 2.24) is 10.3 Å². The van der Waals surface area contributed by atoms with Crippen LogP contribution in [-0.2, 0) is 26.2 Å². The van der Waals surface area contributed by atoms with E-state index in [2.05, 4.69) is 10.3 Å². The molecule has 2 aromatic carbocycles. The number of rotatable bonds is 8. The lowest BCUT2D eigenvalue weighted by molar-refractivity contribution is -0.120. The normalized spacial score (nSPS) is 15.3. The number of aromatic nitrogens is 1. The first kappa shape index (κ1) is 27.1. The van der Waals surface area contributed by atoms with Gasteiger partial charge in [-0.15, -0.1) is 0 Å². The molecule has 38 heavy (non-hydrogen) atoms. The zero-order valence-electron chi connectivity index (χ0n) is 20.3. The van der Waals surface area contributed by atoms with Crippen molar-refractivity contribution in [3.05, 3.63) is 82.6 Å². The van der Waals surface area contributed by atoms with Crippen molar-refractivity contribution >= 4 is 44.8 Å². The van der Waals surface area contributed by atoms with Crippen LogP contribution in [0.1, 0.15) is 23.2 Å². The molecule has 2 heterocycles. The first-order valence-electron chi connectivity index (χ1n) is 11.6. The van der Waals surface area contributed by atoms with E-state index in [0.29, 0.717) is 27.5 Å². The second kappa shape index (κ2) is 11.2. The molecule has 2 amide bonds. The van der Waals surface area contributed by atoms with Crippen LogP contribution in [0.3, 0.4) is 0 Å². The largest absolute Gasteiger partial charge is 0.391 e. The van der Waals surface area contributed by atoms with E-state index in [0.717, 1.165) is 4.31 Å². The summed E-state index contributed by atoms with van der Waals surface area (Å²) in [5, 5.41) is 21.7. The van der Waals surface area contributed by atoms with E-state index >= 15 is 0 Å². The molecule has 0 radical (unpaired) electrons. The Bertz CT molecular complexity index is 1500. The van der Waals surface area contributed by atoms with E-state index in [1.807, 2.05) is 6.07 Å². The van der Waals surface area contributed by atoms with E-state index in [1.165, 1.54) is 35.4 Å². The third kappa shape index (κ3) is 5.78. The third-order valence-electron chi connectivity index (χ3n) is 6.06. The highest BCUT2D eigenvalue weighted by Gasteiger charge is 2.30. The number of carbonyl (C=O) groups is 2. The van der Waals surface area contributed by atoms with Gasteiger partial charge in [0.25, 0.3) is 10.0 Å². The first-order valence-corrected chi connectivity index (χ1v) is 13.4. The zero-order chi connectivity index (χ0) is 27.4. The van der Waals surface area contributed by atoms with E-state index in [1.54, 1.807) is 37.3 Å². The molecule has 0 spiro atoms. The second-order valence-electron chi connectivity index (χ2n) is 8.68. The number of amides is 2. The summed E-state index contributed by atoms with van der Waals surface area (Å²) >= 11 is 6.24. The number of aliphatic hydroxyl groups excluding tert-OH is 1. The first-order chi connectivity index (χ1) is 18.1. The van der Waals surface area contributed by atoms with Crippen LogP contribution in [0, 0.1) is 18.3 Å². The van der Waals surface area contributed by atoms with Crippen LogP contribution < -0.4 is 14.5 Å². The molecule has 196 valence electrons. The lowest BCUT2D eigenvalue weighted by Crippen LogP contribution is -2.41. The van der Waals surface area contributed by atoms with Crippen molar-refractivity contribution in [2.75, 3.05) is 22.3 Å². The fraction of sp³-hybridized carbons (Fsp3) is 0.231. The van der Waals surface area contributed by atoms with Gasteiger partial charge in [-0.05, 0) is 61.0 Å². The molecule has 1 atom stereocenters. The Hall–Kier alpha value is -3.98. The smallest absolute Gasteiger partial charge is 0.264 e. The van der Waals surface area contributed by atoms with Gasteiger partial charge in [-0.25, -0.2) is 8.42 Å². The van der Waals surface area contributed by atoms with E-state index < -0.39 is 28.6 Å². The van der Waals surface area contributed by atoms with Crippen molar-refractivity contribution in [3.8, 4) is 6.07 Å². The molecule has 3 aromatic rings. The predicted molar refractivity (Wildman–Crippen MR) is 141 cm³/mol. The molecule has 12 heteroatoms. The summed E-state index contributed by atoms with van der Waals surface area (Å²) in [5.41, 5.74) is 2.07. The fourth-order valence-corrected chi connectivity index (χ4v) is 5.64. The Morgan fingerprint density at radius 3 is 2.58 bits per heavy atom. The lowest BCUT2D eigenvalue weighted by atomic mass is 10.2. The number of anilines is 2. The van der Waals surface area contributed by atoms with Crippen LogP contribution >= 0.6 is 11.6 Å². The molecule has 2 N–H and O–H groups in total. The maximum atomic E-state index is 13.6. The fourth-order valence-electron chi connectivity index (χ4n) is 3.99. The summed E-state index contributed by atoms with van der Waals surface area (Å²) in [6.07, 6.45) is 0.827. The molecule has 0 saturated carbocycles. The second-order valence-corrected chi connectivity index (χ2v) is 10.9. The number of aliphatic hydroxyl groups is 1. The number of nitrogens with one attached hydrogen (secondary N) is 1. The molecule has 1 unspecified atom stereocenters. The van der Waals surface area contributed by atoms with Crippen LogP contribution in [0.4, 0.5) is 11.4 Å². The molecule has 0 bridgehead atoms. The molecule has 1 aromatic heterocycles. The Labute approximate surface area is 225 Å². The van der Waals surface area contributed by atoms with Gasteiger partial charge < -0.3 is 15.3 Å². The minimum atomic E-state index is -4.19. The van der Waals surface area contributed by atoms with Gasteiger partial charge in [-0.3, -0.25) is 18.9 Å². The van der Waals surface area contributed by atoms with E-state index in [-0.39, 0.29) is 36.0 Å². The van der Waals surface area contributed by atoms with Crippen LogP contribution in [-0.4, -0.2) is 49.5 Å². The van der Waals surface area contributed by atoms with Crippen LogP contribution in [0.15, 0.2) is 65.7 Å². The highest BCUT2D eigenvalue weighted by molar-refractivity contribution is 7.92. The summed E-state index contributed by atoms with van der Waals surface area (Å²) in [6.45, 7) is 1.35. The summed E-state index contributed by atoms with van der Waals surface area (Å²) < 4.78 is 28.1. The van der Waals surface area contributed by atoms with Gasteiger partial charge in [0.15, 0.2) is 0 Å². The molecule has 1 aliphatic rings.